The first-order valence-corrected chi connectivity index (χ1v) is 6.90. The van der Waals surface area contributed by atoms with Crippen LogP contribution in [0.2, 0.25) is 0 Å². The summed E-state index contributed by atoms with van der Waals surface area (Å²) in [5.74, 6) is 0.607. The number of aryl methyl sites for hydroxylation is 1. The molecule has 0 aliphatic rings. The maximum Gasteiger partial charge on any atom is 0.387 e. The van der Waals surface area contributed by atoms with Gasteiger partial charge in [0.15, 0.2) is 0 Å². The van der Waals surface area contributed by atoms with Crippen molar-refractivity contribution in [2.24, 2.45) is 0 Å². The van der Waals surface area contributed by atoms with Crippen LogP contribution >= 0.6 is 0 Å². The highest BCUT2D eigenvalue weighted by Gasteiger charge is 2.25. The summed E-state index contributed by atoms with van der Waals surface area (Å²) in [7, 11) is 0. The predicted octanol–water partition coefficient (Wildman–Crippen LogP) is 3.19. The number of para-hydroxylation sites is 1. The second kappa shape index (κ2) is 6.89. The highest BCUT2D eigenvalue weighted by Crippen LogP contribution is 2.26. The molecule has 0 radical (unpaired) electrons. The first-order valence-electron chi connectivity index (χ1n) is 6.90. The maximum absolute atomic E-state index is 12.5. The summed E-state index contributed by atoms with van der Waals surface area (Å²) in [4.78, 5) is 0. The molecule has 0 bridgehead atoms. The van der Waals surface area contributed by atoms with Crippen molar-refractivity contribution in [3.8, 4) is 5.75 Å². The zero-order valence-electron chi connectivity index (χ0n) is 12.5. The van der Waals surface area contributed by atoms with E-state index in [1.807, 2.05) is 0 Å². The molecule has 1 heterocycles. The van der Waals surface area contributed by atoms with Crippen molar-refractivity contribution >= 4 is 0 Å². The third-order valence-electron chi connectivity index (χ3n) is 3.34. The number of hydrogen-bond donors (Lipinski definition) is 2. The lowest BCUT2D eigenvalue weighted by Gasteiger charge is -2.22. The van der Waals surface area contributed by atoms with Crippen molar-refractivity contribution in [2.75, 3.05) is 6.54 Å². The third-order valence-corrected chi connectivity index (χ3v) is 3.34. The fourth-order valence-electron chi connectivity index (χ4n) is 2.22. The van der Waals surface area contributed by atoms with Crippen molar-refractivity contribution in [3.63, 3.8) is 0 Å². The molecule has 1 aromatic heterocycles. The molecule has 120 valence electrons. The number of ether oxygens (including phenoxy) is 1. The van der Waals surface area contributed by atoms with E-state index >= 15 is 0 Å². The van der Waals surface area contributed by atoms with Gasteiger partial charge < -0.3 is 19.6 Å². The zero-order valence-corrected chi connectivity index (χ0v) is 12.5. The average Bonchev–Trinajstić information content (AvgIpc) is 2.97. The van der Waals surface area contributed by atoms with Crippen molar-refractivity contribution in [1.29, 1.82) is 0 Å². The molecular formula is C16H19F2NO3. The van der Waals surface area contributed by atoms with Crippen molar-refractivity contribution in [3.05, 3.63) is 53.5 Å². The highest BCUT2D eigenvalue weighted by molar-refractivity contribution is 5.40. The number of nitrogens with one attached hydrogen (secondary N) is 1. The fourth-order valence-corrected chi connectivity index (χ4v) is 2.22. The number of furan rings is 1. The highest BCUT2D eigenvalue weighted by atomic mass is 19.3. The lowest BCUT2D eigenvalue weighted by molar-refractivity contribution is -0.0510. The third kappa shape index (κ3) is 4.05. The lowest BCUT2D eigenvalue weighted by atomic mass is 10.0. The normalized spacial score (nSPS) is 14.1. The molecular weight excluding hydrogens is 292 g/mol. The van der Waals surface area contributed by atoms with Crippen LogP contribution in [0.3, 0.4) is 0 Å². The molecule has 2 N–H and O–H groups in total. The molecule has 4 nitrogen and oxygen atoms in total. The van der Waals surface area contributed by atoms with Crippen molar-refractivity contribution in [1.82, 2.24) is 5.32 Å². The summed E-state index contributed by atoms with van der Waals surface area (Å²) in [6.07, 6.45) is 1.49. The van der Waals surface area contributed by atoms with Gasteiger partial charge in [0.05, 0.1) is 6.26 Å². The Balaban J connectivity index is 2.01. The summed E-state index contributed by atoms with van der Waals surface area (Å²) in [5, 5.41) is 13.4. The Labute approximate surface area is 127 Å². The number of hydrogen-bond acceptors (Lipinski definition) is 4. The molecule has 1 unspecified atom stereocenters. The van der Waals surface area contributed by atoms with Crippen LogP contribution in [-0.4, -0.2) is 18.3 Å². The second-order valence-electron chi connectivity index (χ2n) is 5.30. The number of alkyl halides is 2. The summed E-state index contributed by atoms with van der Waals surface area (Å²) < 4.78 is 34.7. The monoisotopic (exact) mass is 311 g/mol. The standard InChI is InChI=1S/C16H19F2NO3/c1-11-5-3-6-12(14(11)22-15(17)18)9-19-10-16(2,20)13-7-4-8-21-13/h3-8,15,19-20H,9-10H2,1-2H3. The maximum atomic E-state index is 12.5. The molecule has 0 aliphatic carbocycles. The summed E-state index contributed by atoms with van der Waals surface area (Å²) in [6, 6.07) is 8.56. The molecule has 0 saturated carbocycles. The van der Waals surface area contributed by atoms with E-state index < -0.39 is 12.2 Å². The van der Waals surface area contributed by atoms with Crippen LogP contribution in [0.15, 0.2) is 41.0 Å². The molecule has 1 atom stereocenters. The van der Waals surface area contributed by atoms with E-state index in [2.05, 4.69) is 10.1 Å². The summed E-state index contributed by atoms with van der Waals surface area (Å²) in [6.45, 7) is 0.959. The van der Waals surface area contributed by atoms with E-state index in [9.17, 15) is 13.9 Å². The SMILES string of the molecule is Cc1cccc(CNCC(C)(O)c2ccco2)c1OC(F)F. The van der Waals surface area contributed by atoms with Gasteiger partial charge in [-0.3, -0.25) is 0 Å². The van der Waals surface area contributed by atoms with Gasteiger partial charge in [0.2, 0.25) is 0 Å². The number of benzene rings is 1. The van der Waals surface area contributed by atoms with Gasteiger partial charge in [-0.1, -0.05) is 18.2 Å². The van der Waals surface area contributed by atoms with Crippen LogP contribution in [0.5, 0.6) is 5.75 Å². The largest absolute Gasteiger partial charge is 0.466 e. The van der Waals surface area contributed by atoms with Crippen LogP contribution in [0.1, 0.15) is 23.8 Å². The average molecular weight is 311 g/mol. The molecule has 0 amide bonds. The van der Waals surface area contributed by atoms with Crippen molar-refractivity contribution < 1.29 is 23.0 Å². The first-order chi connectivity index (χ1) is 10.4. The van der Waals surface area contributed by atoms with E-state index in [0.29, 0.717) is 23.4 Å². The van der Waals surface area contributed by atoms with Gasteiger partial charge in [0, 0.05) is 18.7 Å². The molecule has 22 heavy (non-hydrogen) atoms. The smallest absolute Gasteiger partial charge is 0.387 e. The van der Waals surface area contributed by atoms with Gasteiger partial charge in [0.25, 0.3) is 0 Å². The van der Waals surface area contributed by atoms with E-state index in [1.165, 1.54) is 6.26 Å². The zero-order chi connectivity index (χ0) is 16.2. The van der Waals surface area contributed by atoms with E-state index in [0.717, 1.165) is 0 Å². The minimum absolute atomic E-state index is 0.169. The molecule has 2 rings (SSSR count). The Morgan fingerprint density at radius 1 is 1.32 bits per heavy atom. The predicted molar refractivity (Wildman–Crippen MR) is 77.8 cm³/mol. The molecule has 0 aliphatic heterocycles. The Morgan fingerprint density at radius 3 is 2.73 bits per heavy atom. The van der Waals surface area contributed by atoms with Crippen molar-refractivity contribution in [2.45, 2.75) is 32.6 Å². The van der Waals surface area contributed by atoms with E-state index in [1.54, 1.807) is 44.2 Å². The molecule has 1 aromatic carbocycles. The molecule has 0 spiro atoms. The van der Waals surface area contributed by atoms with Crippen LogP contribution in [-0.2, 0) is 12.1 Å². The minimum atomic E-state index is -2.87. The Hall–Kier alpha value is -1.92. The van der Waals surface area contributed by atoms with Crippen LogP contribution in [0.25, 0.3) is 0 Å². The number of halogens is 2. The lowest BCUT2D eigenvalue weighted by Crippen LogP contribution is -2.34. The quantitative estimate of drug-likeness (QED) is 0.824. The molecule has 2 aromatic rings. The summed E-state index contributed by atoms with van der Waals surface area (Å²) >= 11 is 0. The van der Waals surface area contributed by atoms with Gasteiger partial charge >= 0.3 is 6.61 Å². The Kier molecular flexibility index (Phi) is 5.15. The van der Waals surface area contributed by atoms with Crippen LogP contribution < -0.4 is 10.1 Å². The molecule has 0 fully saturated rings. The second-order valence-corrected chi connectivity index (χ2v) is 5.30. The fraction of sp³-hybridized carbons (Fsp3) is 0.375. The number of rotatable bonds is 7. The van der Waals surface area contributed by atoms with Crippen LogP contribution in [0.4, 0.5) is 8.78 Å². The van der Waals surface area contributed by atoms with Gasteiger partial charge in [-0.2, -0.15) is 8.78 Å². The van der Waals surface area contributed by atoms with Gasteiger partial charge in [0.1, 0.15) is 17.1 Å². The van der Waals surface area contributed by atoms with E-state index in [4.69, 9.17) is 4.42 Å². The van der Waals surface area contributed by atoms with Gasteiger partial charge in [-0.15, -0.1) is 0 Å². The number of aliphatic hydroxyl groups is 1. The van der Waals surface area contributed by atoms with Crippen LogP contribution in [0, 0.1) is 6.92 Å². The van der Waals surface area contributed by atoms with Gasteiger partial charge in [-0.25, -0.2) is 0 Å². The first kappa shape index (κ1) is 16.5. The van der Waals surface area contributed by atoms with Gasteiger partial charge in [-0.05, 0) is 31.5 Å². The van der Waals surface area contributed by atoms with E-state index in [-0.39, 0.29) is 12.3 Å². The molecule has 0 saturated heterocycles. The Morgan fingerprint density at radius 2 is 2.09 bits per heavy atom. The summed E-state index contributed by atoms with van der Waals surface area (Å²) in [5.41, 5.74) is 0.0600. The Bertz CT molecular complexity index is 597. The minimum Gasteiger partial charge on any atom is -0.466 e. The topological polar surface area (TPSA) is 54.6 Å². The molecule has 6 heteroatoms.